The predicted octanol–water partition coefficient (Wildman–Crippen LogP) is 1.31. The monoisotopic (exact) mass is 453 g/mol. The van der Waals surface area contributed by atoms with E-state index < -0.39 is 29.2 Å². The van der Waals surface area contributed by atoms with Gasteiger partial charge in [-0.05, 0) is 25.1 Å². The topological polar surface area (TPSA) is 117 Å². The number of amides is 1. The zero-order chi connectivity index (χ0) is 22.2. The molecule has 0 radical (unpaired) electrons. The van der Waals surface area contributed by atoms with Crippen LogP contribution in [0.4, 0.5) is 5.69 Å². The summed E-state index contributed by atoms with van der Waals surface area (Å²) in [6.45, 7) is 1.03. The van der Waals surface area contributed by atoms with Crippen LogP contribution in [-0.2, 0) is 35.0 Å². The summed E-state index contributed by atoms with van der Waals surface area (Å²) in [4.78, 5) is 53.0. The number of carbonyl (C=O) groups excluding carboxylic acids is 2. The lowest BCUT2D eigenvalue weighted by atomic mass is 10.3. The number of halogens is 2. The Kier molecular flexibility index (Phi) is 5.99. The number of nitrogens with one attached hydrogen (secondary N) is 1. The first-order valence-electron chi connectivity index (χ1n) is 8.65. The highest BCUT2D eigenvalue weighted by molar-refractivity contribution is 6.35. The van der Waals surface area contributed by atoms with Crippen LogP contribution < -0.4 is 16.6 Å². The fraction of sp³-hybridized carbons (Fsp3) is 0.278. The van der Waals surface area contributed by atoms with Gasteiger partial charge in [0.25, 0.3) is 11.5 Å². The molecule has 0 aliphatic heterocycles. The van der Waals surface area contributed by atoms with Crippen LogP contribution in [0.2, 0.25) is 10.0 Å². The van der Waals surface area contributed by atoms with E-state index in [4.69, 9.17) is 27.9 Å². The fourth-order valence-corrected chi connectivity index (χ4v) is 3.34. The van der Waals surface area contributed by atoms with E-state index in [0.29, 0.717) is 15.7 Å². The Morgan fingerprint density at radius 2 is 1.77 bits per heavy atom. The highest BCUT2D eigenvalue weighted by atomic mass is 35.5. The van der Waals surface area contributed by atoms with Gasteiger partial charge in [-0.25, -0.2) is 9.78 Å². The van der Waals surface area contributed by atoms with Crippen LogP contribution in [0, 0.1) is 0 Å². The third-order valence-electron chi connectivity index (χ3n) is 4.32. The second-order valence-corrected chi connectivity index (χ2v) is 7.40. The Morgan fingerprint density at radius 3 is 2.40 bits per heavy atom. The summed E-state index contributed by atoms with van der Waals surface area (Å²) in [5, 5.41) is 3.23. The number of anilines is 1. The second-order valence-electron chi connectivity index (χ2n) is 6.53. The number of benzene rings is 1. The lowest BCUT2D eigenvalue weighted by Crippen LogP contribution is -2.38. The van der Waals surface area contributed by atoms with Crippen LogP contribution in [0.5, 0.6) is 0 Å². The molecule has 1 aromatic carbocycles. The van der Waals surface area contributed by atoms with Crippen LogP contribution in [-0.4, -0.2) is 36.7 Å². The van der Waals surface area contributed by atoms with Crippen LogP contribution in [0.15, 0.2) is 34.1 Å². The molecule has 1 unspecified atom stereocenters. The summed E-state index contributed by atoms with van der Waals surface area (Å²) in [6.07, 6.45) is 0.128. The van der Waals surface area contributed by atoms with Gasteiger partial charge in [0.05, 0.1) is 6.33 Å². The summed E-state index contributed by atoms with van der Waals surface area (Å²) in [5.74, 6) is -1.35. The van der Waals surface area contributed by atoms with E-state index in [2.05, 4.69) is 10.3 Å². The van der Waals surface area contributed by atoms with Crippen molar-refractivity contribution in [1.82, 2.24) is 18.7 Å². The van der Waals surface area contributed by atoms with Gasteiger partial charge in [0.1, 0.15) is 6.54 Å². The fourth-order valence-electron chi connectivity index (χ4n) is 2.81. The van der Waals surface area contributed by atoms with Gasteiger partial charge in [-0.2, -0.15) is 0 Å². The number of esters is 1. The van der Waals surface area contributed by atoms with E-state index in [-0.39, 0.29) is 17.7 Å². The number of hydrogen-bond donors (Lipinski definition) is 1. The molecule has 0 spiro atoms. The molecule has 0 saturated heterocycles. The van der Waals surface area contributed by atoms with Crippen molar-refractivity contribution in [3.63, 3.8) is 0 Å². The number of rotatable bonds is 5. The zero-order valence-electron chi connectivity index (χ0n) is 16.2. The van der Waals surface area contributed by atoms with Gasteiger partial charge in [-0.3, -0.25) is 23.5 Å². The molecule has 1 amide bonds. The number of aromatic nitrogens is 4. The van der Waals surface area contributed by atoms with E-state index >= 15 is 0 Å². The van der Waals surface area contributed by atoms with Gasteiger partial charge in [0, 0.05) is 29.8 Å². The molecular formula is C18H17Cl2N5O5. The number of ether oxygens (including phenoxy) is 1. The molecule has 2 heterocycles. The van der Waals surface area contributed by atoms with Gasteiger partial charge in [0.15, 0.2) is 17.3 Å². The van der Waals surface area contributed by atoms with Crippen molar-refractivity contribution in [2.75, 3.05) is 5.32 Å². The normalized spacial score (nSPS) is 12.0. The molecule has 0 fully saturated rings. The minimum absolute atomic E-state index is 0.0715. The van der Waals surface area contributed by atoms with Crippen molar-refractivity contribution in [3.8, 4) is 0 Å². The third kappa shape index (κ3) is 4.24. The van der Waals surface area contributed by atoms with Gasteiger partial charge in [0.2, 0.25) is 0 Å². The van der Waals surface area contributed by atoms with Crippen molar-refractivity contribution >= 4 is 51.9 Å². The molecule has 0 aliphatic rings. The maximum Gasteiger partial charge on any atom is 0.332 e. The van der Waals surface area contributed by atoms with Crippen molar-refractivity contribution in [2.45, 2.75) is 19.6 Å². The molecule has 2 aromatic heterocycles. The molecule has 0 bridgehead atoms. The lowest BCUT2D eigenvalue weighted by molar-refractivity contribution is -0.153. The average Bonchev–Trinajstić information content (AvgIpc) is 3.07. The maximum absolute atomic E-state index is 12.4. The molecule has 10 nitrogen and oxygen atoms in total. The van der Waals surface area contributed by atoms with E-state index in [0.717, 1.165) is 4.57 Å². The molecule has 3 rings (SSSR count). The SMILES string of the molecule is CC(OC(=O)Cn1cnc2c1c(=O)n(C)c(=O)n2C)C(=O)Nc1cc(Cl)cc(Cl)c1. The van der Waals surface area contributed by atoms with Gasteiger partial charge in [-0.15, -0.1) is 0 Å². The number of imidazole rings is 1. The molecule has 1 N–H and O–H groups in total. The largest absolute Gasteiger partial charge is 0.451 e. The highest BCUT2D eigenvalue weighted by Gasteiger charge is 2.21. The minimum Gasteiger partial charge on any atom is -0.451 e. The van der Waals surface area contributed by atoms with Crippen molar-refractivity contribution in [3.05, 3.63) is 55.4 Å². The summed E-state index contributed by atoms with van der Waals surface area (Å²) < 4.78 is 8.53. The molecule has 12 heteroatoms. The van der Waals surface area contributed by atoms with Crippen LogP contribution in [0.3, 0.4) is 0 Å². The molecule has 0 aliphatic carbocycles. The standard InChI is InChI=1S/C18H17Cl2N5O5/c1-9(16(27)22-12-5-10(19)4-11(20)6-12)30-13(26)7-25-8-21-15-14(25)17(28)24(3)18(29)23(15)2/h4-6,8-9H,7H2,1-3H3,(H,22,27). The average molecular weight is 454 g/mol. The Balaban J connectivity index is 1.73. The Labute approximate surface area is 179 Å². The molecule has 158 valence electrons. The van der Waals surface area contributed by atoms with E-state index in [1.54, 1.807) is 0 Å². The zero-order valence-corrected chi connectivity index (χ0v) is 17.7. The van der Waals surface area contributed by atoms with Gasteiger partial charge in [-0.1, -0.05) is 23.2 Å². The first-order chi connectivity index (χ1) is 14.1. The van der Waals surface area contributed by atoms with Gasteiger partial charge < -0.3 is 14.6 Å². The van der Waals surface area contributed by atoms with E-state index in [9.17, 15) is 19.2 Å². The summed E-state index contributed by atoms with van der Waals surface area (Å²) >= 11 is 11.8. The number of nitrogens with zero attached hydrogens (tertiary/aromatic N) is 4. The van der Waals surface area contributed by atoms with Crippen molar-refractivity contribution in [1.29, 1.82) is 0 Å². The van der Waals surface area contributed by atoms with Crippen LogP contribution >= 0.6 is 23.2 Å². The first kappa shape index (κ1) is 21.6. The van der Waals surface area contributed by atoms with Crippen LogP contribution in [0.1, 0.15) is 6.92 Å². The molecule has 0 saturated carbocycles. The minimum atomic E-state index is -1.13. The van der Waals surface area contributed by atoms with Crippen molar-refractivity contribution in [2.24, 2.45) is 14.1 Å². The number of hydrogen-bond acceptors (Lipinski definition) is 6. The molecule has 3 aromatic rings. The second kappa shape index (κ2) is 8.33. The lowest BCUT2D eigenvalue weighted by Gasteiger charge is -2.14. The summed E-state index contributed by atoms with van der Waals surface area (Å²) in [5.41, 5.74) is -0.569. The smallest absolute Gasteiger partial charge is 0.332 e. The summed E-state index contributed by atoms with van der Waals surface area (Å²) in [6, 6.07) is 4.51. The first-order valence-corrected chi connectivity index (χ1v) is 9.41. The predicted molar refractivity (Wildman–Crippen MR) is 111 cm³/mol. The number of fused-ring (bicyclic) bond motifs is 1. The van der Waals surface area contributed by atoms with Crippen LogP contribution in [0.25, 0.3) is 11.2 Å². The highest BCUT2D eigenvalue weighted by Crippen LogP contribution is 2.22. The van der Waals surface area contributed by atoms with Gasteiger partial charge >= 0.3 is 11.7 Å². The van der Waals surface area contributed by atoms with E-state index in [1.165, 1.54) is 54.7 Å². The maximum atomic E-state index is 12.4. The Morgan fingerprint density at radius 1 is 1.13 bits per heavy atom. The third-order valence-corrected chi connectivity index (χ3v) is 4.76. The number of aryl methyl sites for hydroxylation is 1. The summed E-state index contributed by atoms with van der Waals surface area (Å²) in [7, 11) is 2.79. The van der Waals surface area contributed by atoms with E-state index in [1.807, 2.05) is 0 Å². The Bertz CT molecular complexity index is 1260. The van der Waals surface area contributed by atoms with Crippen molar-refractivity contribution < 1.29 is 14.3 Å². The molecule has 30 heavy (non-hydrogen) atoms. The molecular weight excluding hydrogens is 437 g/mol. The Hall–Kier alpha value is -3.11. The molecule has 1 atom stereocenters. The quantitative estimate of drug-likeness (QED) is 0.581. The number of carbonyl (C=O) groups is 2.